The van der Waals surface area contributed by atoms with E-state index in [1.54, 1.807) is 6.92 Å². The van der Waals surface area contributed by atoms with Gasteiger partial charge in [-0.05, 0) is 13.0 Å². The maximum Gasteiger partial charge on any atom is 0.492 e. The van der Waals surface area contributed by atoms with Gasteiger partial charge in [-0.1, -0.05) is 6.07 Å². The average molecular weight is 228 g/mol. The third kappa shape index (κ3) is 3.48. The van der Waals surface area contributed by atoms with Crippen molar-refractivity contribution in [1.82, 2.24) is 0 Å². The van der Waals surface area contributed by atoms with Gasteiger partial charge in [0.2, 0.25) is 0 Å². The SMILES string of the molecule is COC(C)COc1cc(F)ccc1B(O)O. The molecule has 1 rings (SSSR count). The van der Waals surface area contributed by atoms with E-state index in [0.29, 0.717) is 0 Å². The molecule has 6 heteroatoms. The summed E-state index contributed by atoms with van der Waals surface area (Å²) >= 11 is 0. The monoisotopic (exact) mass is 228 g/mol. The Balaban J connectivity index is 2.80. The van der Waals surface area contributed by atoms with Crippen LogP contribution in [0.3, 0.4) is 0 Å². The molecular weight excluding hydrogens is 214 g/mol. The standard InChI is InChI=1S/C10H14BFO4/c1-7(15-2)6-16-10-5-8(12)3-4-9(10)11(13)14/h3-5,7,13-14H,6H2,1-2H3. The third-order valence-electron chi connectivity index (χ3n) is 2.13. The lowest BCUT2D eigenvalue weighted by Crippen LogP contribution is -2.32. The molecule has 0 aromatic heterocycles. The van der Waals surface area contributed by atoms with Crippen molar-refractivity contribution in [3.05, 3.63) is 24.0 Å². The highest BCUT2D eigenvalue weighted by Gasteiger charge is 2.18. The van der Waals surface area contributed by atoms with E-state index in [9.17, 15) is 4.39 Å². The molecule has 0 bridgehead atoms. The van der Waals surface area contributed by atoms with Crippen LogP contribution in [0.5, 0.6) is 5.75 Å². The molecule has 88 valence electrons. The smallest absolute Gasteiger partial charge is 0.491 e. The van der Waals surface area contributed by atoms with Crippen molar-refractivity contribution in [1.29, 1.82) is 0 Å². The Morgan fingerprint density at radius 2 is 2.12 bits per heavy atom. The van der Waals surface area contributed by atoms with Crippen LogP contribution in [-0.4, -0.2) is 37.0 Å². The number of benzene rings is 1. The number of ether oxygens (including phenoxy) is 2. The first-order valence-electron chi connectivity index (χ1n) is 4.85. The molecule has 1 atom stereocenters. The van der Waals surface area contributed by atoms with Gasteiger partial charge >= 0.3 is 7.12 Å². The molecule has 0 aliphatic heterocycles. The zero-order valence-electron chi connectivity index (χ0n) is 9.18. The van der Waals surface area contributed by atoms with Gasteiger partial charge in [-0.2, -0.15) is 0 Å². The van der Waals surface area contributed by atoms with Gasteiger partial charge in [0.15, 0.2) is 0 Å². The molecule has 0 aliphatic carbocycles. The van der Waals surface area contributed by atoms with Crippen molar-refractivity contribution in [2.45, 2.75) is 13.0 Å². The first kappa shape index (κ1) is 13.0. The summed E-state index contributed by atoms with van der Waals surface area (Å²) < 4.78 is 23.1. The fourth-order valence-electron chi connectivity index (χ4n) is 1.12. The molecule has 0 heterocycles. The first-order chi connectivity index (χ1) is 7.54. The molecule has 0 saturated carbocycles. The zero-order chi connectivity index (χ0) is 12.1. The van der Waals surface area contributed by atoms with Gasteiger partial charge in [-0.25, -0.2) is 4.39 Å². The number of hydrogen-bond donors (Lipinski definition) is 2. The summed E-state index contributed by atoms with van der Waals surface area (Å²) in [5.74, 6) is -0.386. The lowest BCUT2D eigenvalue weighted by Gasteiger charge is -2.14. The fraction of sp³-hybridized carbons (Fsp3) is 0.400. The second-order valence-corrected chi connectivity index (χ2v) is 3.41. The van der Waals surface area contributed by atoms with E-state index in [-0.39, 0.29) is 23.9 Å². The lowest BCUT2D eigenvalue weighted by atomic mass is 9.79. The van der Waals surface area contributed by atoms with Gasteiger partial charge in [0.05, 0.1) is 6.10 Å². The van der Waals surface area contributed by atoms with E-state index in [4.69, 9.17) is 19.5 Å². The van der Waals surface area contributed by atoms with E-state index >= 15 is 0 Å². The molecular formula is C10H14BFO4. The summed E-state index contributed by atoms with van der Waals surface area (Å²) in [7, 11) is -0.157. The maximum absolute atomic E-state index is 12.9. The number of hydrogen-bond acceptors (Lipinski definition) is 4. The van der Waals surface area contributed by atoms with Crippen LogP contribution in [0.2, 0.25) is 0 Å². The van der Waals surface area contributed by atoms with Gasteiger partial charge in [0, 0.05) is 18.6 Å². The Labute approximate surface area is 93.8 Å². The number of halogens is 1. The molecule has 4 nitrogen and oxygen atoms in total. The number of rotatable bonds is 5. The molecule has 1 unspecified atom stereocenters. The summed E-state index contributed by atoms with van der Waals surface area (Å²) in [6, 6.07) is 3.52. The molecule has 0 aliphatic rings. The molecule has 0 amide bonds. The minimum absolute atomic E-state index is 0.110. The Kier molecular flexibility index (Phi) is 4.73. The predicted octanol–water partition coefficient (Wildman–Crippen LogP) is -0.0808. The first-order valence-corrected chi connectivity index (χ1v) is 4.85. The average Bonchev–Trinajstić information content (AvgIpc) is 2.25. The highest BCUT2D eigenvalue weighted by atomic mass is 19.1. The van der Waals surface area contributed by atoms with Gasteiger partial charge in [-0.3, -0.25) is 0 Å². The lowest BCUT2D eigenvalue weighted by molar-refractivity contribution is 0.0718. The molecule has 0 fully saturated rings. The van der Waals surface area contributed by atoms with E-state index in [2.05, 4.69) is 0 Å². The molecule has 0 spiro atoms. The fourth-order valence-corrected chi connectivity index (χ4v) is 1.12. The molecule has 1 aromatic rings. The third-order valence-corrected chi connectivity index (χ3v) is 2.13. The van der Waals surface area contributed by atoms with Crippen molar-refractivity contribution >= 4 is 12.6 Å². The van der Waals surface area contributed by atoms with Crippen LogP contribution in [-0.2, 0) is 4.74 Å². The summed E-state index contributed by atoms with van der Waals surface area (Å²) in [5.41, 5.74) is 0.129. The second kappa shape index (κ2) is 5.84. The van der Waals surface area contributed by atoms with Crippen molar-refractivity contribution in [3.8, 4) is 5.75 Å². The Morgan fingerprint density at radius 3 is 2.69 bits per heavy atom. The van der Waals surface area contributed by atoms with Gasteiger partial charge in [0.1, 0.15) is 18.2 Å². The van der Waals surface area contributed by atoms with Crippen LogP contribution in [0.15, 0.2) is 18.2 Å². The highest BCUT2D eigenvalue weighted by molar-refractivity contribution is 6.59. The molecule has 2 N–H and O–H groups in total. The van der Waals surface area contributed by atoms with Crippen LogP contribution in [0.4, 0.5) is 4.39 Å². The number of methoxy groups -OCH3 is 1. The summed E-state index contributed by atoms with van der Waals surface area (Å²) in [4.78, 5) is 0. The van der Waals surface area contributed by atoms with Crippen molar-refractivity contribution in [3.63, 3.8) is 0 Å². The summed E-state index contributed by atoms with van der Waals surface area (Å²) in [6.45, 7) is 1.99. The quantitative estimate of drug-likeness (QED) is 0.692. The summed E-state index contributed by atoms with van der Waals surface area (Å²) in [5, 5.41) is 18.1. The molecule has 1 aromatic carbocycles. The van der Waals surface area contributed by atoms with Crippen molar-refractivity contribution < 1.29 is 23.9 Å². The Hall–Kier alpha value is -1.11. The topological polar surface area (TPSA) is 58.9 Å². The van der Waals surface area contributed by atoms with E-state index in [1.807, 2.05) is 0 Å². The predicted molar refractivity (Wildman–Crippen MR) is 58.2 cm³/mol. The van der Waals surface area contributed by atoms with Crippen molar-refractivity contribution in [2.24, 2.45) is 0 Å². The van der Waals surface area contributed by atoms with Crippen LogP contribution in [0.1, 0.15) is 6.92 Å². The van der Waals surface area contributed by atoms with Crippen LogP contribution in [0, 0.1) is 5.82 Å². The van der Waals surface area contributed by atoms with Crippen LogP contribution in [0.25, 0.3) is 0 Å². The highest BCUT2D eigenvalue weighted by Crippen LogP contribution is 2.11. The van der Waals surface area contributed by atoms with E-state index in [1.165, 1.54) is 13.2 Å². The van der Waals surface area contributed by atoms with E-state index in [0.717, 1.165) is 12.1 Å². The largest absolute Gasteiger partial charge is 0.492 e. The van der Waals surface area contributed by atoms with Crippen LogP contribution < -0.4 is 10.2 Å². The second-order valence-electron chi connectivity index (χ2n) is 3.41. The minimum Gasteiger partial charge on any atom is -0.491 e. The maximum atomic E-state index is 12.9. The van der Waals surface area contributed by atoms with Gasteiger partial charge in [0.25, 0.3) is 0 Å². The zero-order valence-corrected chi connectivity index (χ0v) is 9.18. The van der Waals surface area contributed by atoms with E-state index < -0.39 is 12.9 Å². The normalized spacial score (nSPS) is 12.3. The summed E-state index contributed by atoms with van der Waals surface area (Å²) in [6.07, 6.45) is -0.160. The molecule has 0 radical (unpaired) electrons. The van der Waals surface area contributed by atoms with Crippen molar-refractivity contribution in [2.75, 3.05) is 13.7 Å². The van der Waals surface area contributed by atoms with Gasteiger partial charge in [-0.15, -0.1) is 0 Å². The Bertz CT molecular complexity index is 346. The molecule has 0 saturated heterocycles. The molecule has 16 heavy (non-hydrogen) atoms. The van der Waals surface area contributed by atoms with Crippen LogP contribution >= 0.6 is 0 Å². The van der Waals surface area contributed by atoms with Gasteiger partial charge < -0.3 is 19.5 Å². The minimum atomic E-state index is -1.69. The Morgan fingerprint density at radius 1 is 1.44 bits per heavy atom.